The zero-order valence-corrected chi connectivity index (χ0v) is 11.5. The molecule has 0 aliphatic carbocycles. The Kier molecular flexibility index (Phi) is 4.90. The first kappa shape index (κ1) is 15.0. The molecule has 0 aliphatic rings. The van der Waals surface area contributed by atoms with E-state index in [-0.39, 0.29) is 11.6 Å². The van der Waals surface area contributed by atoms with E-state index in [0.29, 0.717) is 16.3 Å². The highest BCUT2D eigenvalue weighted by Gasteiger charge is 2.04. The number of carboxylic acids is 1. The second-order valence-electron chi connectivity index (χ2n) is 4.11. The molecule has 2 rings (SSSR count). The predicted molar refractivity (Wildman–Crippen MR) is 78.2 cm³/mol. The number of carboxylic acid groups (broad SMARTS) is 1. The number of aliphatic carboxylic acids is 1. The summed E-state index contributed by atoms with van der Waals surface area (Å²) in [6.07, 6.45) is 1.57. The molecular formula is C15H11ClFNO3. The third kappa shape index (κ3) is 4.57. The Morgan fingerprint density at radius 3 is 2.62 bits per heavy atom. The van der Waals surface area contributed by atoms with Crippen LogP contribution in [0.15, 0.2) is 47.5 Å². The molecule has 0 bridgehead atoms. The van der Waals surface area contributed by atoms with Crippen molar-refractivity contribution >= 4 is 29.5 Å². The van der Waals surface area contributed by atoms with Crippen LogP contribution in [-0.4, -0.2) is 23.9 Å². The number of nitrogens with zero attached hydrogens (tertiary/aromatic N) is 1. The minimum atomic E-state index is -1.08. The van der Waals surface area contributed by atoms with Gasteiger partial charge in [-0.2, -0.15) is 0 Å². The van der Waals surface area contributed by atoms with Gasteiger partial charge in [0.25, 0.3) is 0 Å². The third-order valence-corrected chi connectivity index (χ3v) is 2.79. The molecule has 0 aromatic heterocycles. The van der Waals surface area contributed by atoms with Gasteiger partial charge in [-0.3, -0.25) is 4.99 Å². The lowest BCUT2D eigenvalue weighted by atomic mass is 10.2. The minimum absolute atomic E-state index is 0.290. The molecule has 0 unspecified atom stereocenters. The van der Waals surface area contributed by atoms with E-state index in [9.17, 15) is 9.18 Å². The maximum atomic E-state index is 12.8. The van der Waals surface area contributed by atoms with Gasteiger partial charge in [0.15, 0.2) is 6.61 Å². The molecule has 108 valence electrons. The number of rotatable bonds is 5. The van der Waals surface area contributed by atoms with Gasteiger partial charge in [-0.15, -0.1) is 0 Å². The average Bonchev–Trinajstić information content (AvgIpc) is 2.45. The first-order valence-corrected chi connectivity index (χ1v) is 6.36. The summed E-state index contributed by atoms with van der Waals surface area (Å²) in [5.41, 5.74) is 1.32. The largest absolute Gasteiger partial charge is 0.480 e. The van der Waals surface area contributed by atoms with Gasteiger partial charge in [-0.25, -0.2) is 9.18 Å². The van der Waals surface area contributed by atoms with Crippen LogP contribution in [0.5, 0.6) is 5.75 Å². The van der Waals surface area contributed by atoms with Crippen LogP contribution in [0.1, 0.15) is 5.56 Å². The Morgan fingerprint density at radius 1 is 1.29 bits per heavy atom. The number of hydrogen-bond donors (Lipinski definition) is 1. The van der Waals surface area contributed by atoms with Gasteiger partial charge in [-0.1, -0.05) is 11.6 Å². The van der Waals surface area contributed by atoms with Crippen LogP contribution in [0.4, 0.5) is 10.1 Å². The summed E-state index contributed by atoms with van der Waals surface area (Å²) in [6, 6.07) is 10.6. The summed E-state index contributed by atoms with van der Waals surface area (Å²) in [4.78, 5) is 14.6. The molecule has 0 spiro atoms. The van der Waals surface area contributed by atoms with E-state index < -0.39 is 12.6 Å². The highest BCUT2D eigenvalue weighted by Crippen LogP contribution is 2.25. The molecule has 6 heteroatoms. The van der Waals surface area contributed by atoms with Crippen molar-refractivity contribution in [2.24, 2.45) is 4.99 Å². The van der Waals surface area contributed by atoms with E-state index in [1.54, 1.807) is 36.5 Å². The maximum absolute atomic E-state index is 12.8. The van der Waals surface area contributed by atoms with Crippen LogP contribution < -0.4 is 4.74 Å². The van der Waals surface area contributed by atoms with Crippen molar-refractivity contribution < 1.29 is 19.0 Å². The van der Waals surface area contributed by atoms with E-state index >= 15 is 0 Å². The Balaban J connectivity index is 2.09. The van der Waals surface area contributed by atoms with E-state index in [1.165, 1.54) is 12.1 Å². The lowest BCUT2D eigenvalue weighted by Gasteiger charge is -2.05. The number of halogens is 2. The lowest BCUT2D eigenvalue weighted by molar-refractivity contribution is -0.139. The summed E-state index contributed by atoms with van der Waals surface area (Å²) in [5, 5.41) is 8.83. The fourth-order valence-corrected chi connectivity index (χ4v) is 1.77. The van der Waals surface area contributed by atoms with Gasteiger partial charge >= 0.3 is 5.97 Å². The second-order valence-corrected chi connectivity index (χ2v) is 4.51. The smallest absolute Gasteiger partial charge is 0.341 e. The Hall–Kier alpha value is -2.40. The zero-order valence-electron chi connectivity index (χ0n) is 10.8. The molecule has 21 heavy (non-hydrogen) atoms. The van der Waals surface area contributed by atoms with Crippen molar-refractivity contribution in [3.05, 3.63) is 58.9 Å². The Labute approximate surface area is 125 Å². The van der Waals surface area contributed by atoms with E-state index in [0.717, 1.165) is 0 Å². The molecule has 0 heterocycles. The predicted octanol–water partition coefficient (Wildman–Crippen LogP) is 3.69. The minimum Gasteiger partial charge on any atom is -0.480 e. The second kappa shape index (κ2) is 6.85. The van der Waals surface area contributed by atoms with Crippen molar-refractivity contribution in [1.82, 2.24) is 0 Å². The van der Waals surface area contributed by atoms with Crippen LogP contribution in [0.25, 0.3) is 0 Å². The molecule has 0 saturated heterocycles. The number of hydrogen-bond acceptors (Lipinski definition) is 3. The number of benzene rings is 2. The molecule has 0 fully saturated rings. The van der Waals surface area contributed by atoms with Gasteiger partial charge < -0.3 is 9.84 Å². The van der Waals surface area contributed by atoms with Crippen LogP contribution in [0.2, 0.25) is 5.02 Å². The normalized spacial score (nSPS) is 10.8. The van der Waals surface area contributed by atoms with Crippen molar-refractivity contribution in [2.45, 2.75) is 0 Å². The maximum Gasteiger partial charge on any atom is 0.341 e. The SMILES string of the molecule is O=C(O)COc1ccc(C=Nc2ccc(F)cc2)cc1Cl. The summed E-state index contributed by atoms with van der Waals surface area (Å²) in [5.74, 6) is -1.11. The fraction of sp³-hybridized carbons (Fsp3) is 0.0667. The van der Waals surface area contributed by atoms with Crippen molar-refractivity contribution in [3.8, 4) is 5.75 Å². The lowest BCUT2D eigenvalue weighted by Crippen LogP contribution is -2.09. The first-order chi connectivity index (χ1) is 10.0. The Morgan fingerprint density at radius 2 is 2.00 bits per heavy atom. The van der Waals surface area contributed by atoms with Gasteiger partial charge in [0.1, 0.15) is 11.6 Å². The van der Waals surface area contributed by atoms with Gasteiger partial charge in [0.05, 0.1) is 10.7 Å². The highest BCUT2D eigenvalue weighted by atomic mass is 35.5. The summed E-state index contributed by atoms with van der Waals surface area (Å²) in [6.45, 7) is -0.456. The van der Waals surface area contributed by atoms with Gasteiger partial charge in [0.2, 0.25) is 0 Å². The topological polar surface area (TPSA) is 58.9 Å². The highest BCUT2D eigenvalue weighted by molar-refractivity contribution is 6.32. The van der Waals surface area contributed by atoms with Crippen LogP contribution in [-0.2, 0) is 4.79 Å². The average molecular weight is 308 g/mol. The van der Waals surface area contributed by atoms with Crippen LogP contribution in [0, 0.1) is 5.82 Å². The molecule has 1 N–H and O–H groups in total. The number of carbonyl (C=O) groups is 1. The van der Waals surface area contributed by atoms with Crippen molar-refractivity contribution in [3.63, 3.8) is 0 Å². The van der Waals surface area contributed by atoms with Crippen molar-refractivity contribution in [1.29, 1.82) is 0 Å². The quantitative estimate of drug-likeness (QED) is 0.857. The fourth-order valence-electron chi connectivity index (χ4n) is 1.53. The zero-order chi connectivity index (χ0) is 15.2. The van der Waals surface area contributed by atoms with E-state index in [2.05, 4.69) is 4.99 Å². The summed E-state index contributed by atoms with van der Waals surface area (Å²) >= 11 is 5.99. The van der Waals surface area contributed by atoms with Gasteiger partial charge in [-0.05, 0) is 48.0 Å². The molecular weight excluding hydrogens is 297 g/mol. The molecule has 0 amide bonds. The van der Waals surface area contributed by atoms with E-state index in [1.807, 2.05) is 0 Å². The molecule has 0 radical (unpaired) electrons. The standard InChI is InChI=1S/C15H11ClFNO3/c16-13-7-10(1-6-14(13)21-9-15(19)20)8-18-12-4-2-11(17)3-5-12/h1-8H,9H2,(H,19,20). The third-order valence-electron chi connectivity index (χ3n) is 2.50. The van der Waals surface area contributed by atoms with Gasteiger partial charge in [0, 0.05) is 6.21 Å². The van der Waals surface area contributed by atoms with E-state index in [4.69, 9.17) is 21.4 Å². The number of aliphatic imine (C=N–C) groups is 1. The summed E-state index contributed by atoms with van der Waals surface area (Å²) in [7, 11) is 0. The molecule has 0 aliphatic heterocycles. The molecule has 4 nitrogen and oxygen atoms in total. The van der Waals surface area contributed by atoms with Crippen molar-refractivity contribution in [2.75, 3.05) is 6.61 Å². The Bertz CT molecular complexity index is 671. The molecule has 2 aromatic carbocycles. The monoisotopic (exact) mass is 307 g/mol. The van der Waals surface area contributed by atoms with Crippen LogP contribution in [0.3, 0.4) is 0 Å². The molecule has 0 saturated carbocycles. The molecule has 0 atom stereocenters. The summed E-state index contributed by atoms with van der Waals surface area (Å²) < 4.78 is 17.8. The number of ether oxygens (including phenoxy) is 1. The molecule has 2 aromatic rings. The first-order valence-electron chi connectivity index (χ1n) is 5.98. The van der Waals surface area contributed by atoms with Crippen LogP contribution >= 0.6 is 11.6 Å².